The standard InChI is InChI=1S/C11H15NO3/c1-11(2,12)5-7-3-8(13)4-9-10(7)15-6-14-9/h3-4,13H,5-6,12H2,1-2H3. The molecule has 0 fully saturated rings. The van der Waals surface area contributed by atoms with E-state index in [-0.39, 0.29) is 18.1 Å². The van der Waals surface area contributed by atoms with Crippen molar-refractivity contribution >= 4 is 0 Å². The molecule has 0 amide bonds. The first-order valence-electron chi connectivity index (χ1n) is 4.86. The Morgan fingerprint density at radius 2 is 2.13 bits per heavy atom. The van der Waals surface area contributed by atoms with Gasteiger partial charge in [0.05, 0.1) is 0 Å². The van der Waals surface area contributed by atoms with Gasteiger partial charge in [0, 0.05) is 17.2 Å². The van der Waals surface area contributed by atoms with Crippen LogP contribution in [0.25, 0.3) is 0 Å². The molecule has 3 N–H and O–H groups in total. The zero-order valence-electron chi connectivity index (χ0n) is 8.91. The van der Waals surface area contributed by atoms with E-state index in [4.69, 9.17) is 15.2 Å². The zero-order valence-corrected chi connectivity index (χ0v) is 8.91. The number of hydrogen-bond acceptors (Lipinski definition) is 4. The largest absolute Gasteiger partial charge is 0.508 e. The molecule has 0 unspecified atom stereocenters. The van der Waals surface area contributed by atoms with Crippen molar-refractivity contribution in [3.05, 3.63) is 17.7 Å². The summed E-state index contributed by atoms with van der Waals surface area (Å²) in [6.45, 7) is 4.06. The van der Waals surface area contributed by atoms with Crippen LogP contribution in [0.2, 0.25) is 0 Å². The van der Waals surface area contributed by atoms with Crippen LogP contribution in [-0.4, -0.2) is 17.4 Å². The molecule has 0 aromatic heterocycles. The lowest BCUT2D eigenvalue weighted by atomic mass is 9.95. The molecule has 82 valence electrons. The van der Waals surface area contributed by atoms with E-state index in [0.29, 0.717) is 17.9 Å². The molecule has 2 rings (SSSR count). The fourth-order valence-corrected chi connectivity index (χ4v) is 1.69. The summed E-state index contributed by atoms with van der Waals surface area (Å²) >= 11 is 0. The number of aromatic hydroxyl groups is 1. The van der Waals surface area contributed by atoms with Gasteiger partial charge in [-0.1, -0.05) is 0 Å². The maximum Gasteiger partial charge on any atom is 0.231 e. The van der Waals surface area contributed by atoms with Gasteiger partial charge < -0.3 is 20.3 Å². The highest BCUT2D eigenvalue weighted by atomic mass is 16.7. The average Bonchev–Trinajstić information content (AvgIpc) is 2.48. The van der Waals surface area contributed by atoms with E-state index in [1.165, 1.54) is 0 Å². The number of phenolic OH excluding ortho intramolecular Hbond substituents is 1. The molecular formula is C11H15NO3. The molecule has 1 aliphatic heterocycles. The predicted molar refractivity (Wildman–Crippen MR) is 56.2 cm³/mol. The van der Waals surface area contributed by atoms with Gasteiger partial charge in [0.25, 0.3) is 0 Å². The van der Waals surface area contributed by atoms with Gasteiger partial charge >= 0.3 is 0 Å². The van der Waals surface area contributed by atoms with E-state index >= 15 is 0 Å². The van der Waals surface area contributed by atoms with Crippen LogP contribution in [0, 0.1) is 0 Å². The van der Waals surface area contributed by atoms with Gasteiger partial charge in [-0.05, 0) is 26.3 Å². The summed E-state index contributed by atoms with van der Waals surface area (Å²) in [4.78, 5) is 0. The minimum Gasteiger partial charge on any atom is -0.508 e. The van der Waals surface area contributed by atoms with E-state index in [2.05, 4.69) is 0 Å². The molecule has 0 bridgehead atoms. The Bertz CT molecular complexity index is 382. The van der Waals surface area contributed by atoms with E-state index in [1.54, 1.807) is 12.1 Å². The van der Waals surface area contributed by atoms with Crippen molar-refractivity contribution in [2.24, 2.45) is 5.73 Å². The van der Waals surface area contributed by atoms with Crippen molar-refractivity contribution < 1.29 is 14.6 Å². The van der Waals surface area contributed by atoms with Gasteiger partial charge in [-0.15, -0.1) is 0 Å². The molecule has 4 heteroatoms. The average molecular weight is 209 g/mol. The Hall–Kier alpha value is -1.42. The summed E-state index contributed by atoms with van der Waals surface area (Å²) in [5.74, 6) is 1.47. The molecule has 1 heterocycles. The molecule has 0 radical (unpaired) electrons. The third kappa shape index (κ3) is 2.15. The highest BCUT2D eigenvalue weighted by molar-refractivity contribution is 5.53. The Morgan fingerprint density at radius 1 is 1.40 bits per heavy atom. The van der Waals surface area contributed by atoms with Crippen LogP contribution < -0.4 is 15.2 Å². The Labute approximate surface area is 88.6 Å². The fourth-order valence-electron chi connectivity index (χ4n) is 1.69. The lowest BCUT2D eigenvalue weighted by molar-refractivity contribution is 0.173. The van der Waals surface area contributed by atoms with Gasteiger partial charge in [0.15, 0.2) is 11.5 Å². The van der Waals surface area contributed by atoms with Crippen molar-refractivity contribution in [3.63, 3.8) is 0 Å². The van der Waals surface area contributed by atoms with Crippen LogP contribution in [0.3, 0.4) is 0 Å². The SMILES string of the molecule is CC(C)(N)Cc1cc(O)cc2c1OCO2. The Balaban J connectivity index is 2.39. The van der Waals surface area contributed by atoms with Gasteiger partial charge in [0.1, 0.15) is 5.75 Å². The zero-order chi connectivity index (χ0) is 11.1. The van der Waals surface area contributed by atoms with Crippen LogP contribution >= 0.6 is 0 Å². The normalized spacial score (nSPS) is 14.3. The summed E-state index contributed by atoms with van der Waals surface area (Å²) in [7, 11) is 0. The topological polar surface area (TPSA) is 64.7 Å². The van der Waals surface area contributed by atoms with Gasteiger partial charge in [-0.2, -0.15) is 0 Å². The number of ether oxygens (including phenoxy) is 2. The molecular weight excluding hydrogens is 194 g/mol. The maximum absolute atomic E-state index is 9.50. The van der Waals surface area contributed by atoms with Crippen LogP contribution in [0.5, 0.6) is 17.2 Å². The fraction of sp³-hybridized carbons (Fsp3) is 0.455. The summed E-state index contributed by atoms with van der Waals surface area (Å²) in [5, 5.41) is 9.50. The van der Waals surface area contributed by atoms with E-state index < -0.39 is 0 Å². The number of fused-ring (bicyclic) bond motifs is 1. The number of hydrogen-bond donors (Lipinski definition) is 2. The van der Waals surface area contributed by atoms with Gasteiger partial charge in [-0.3, -0.25) is 0 Å². The molecule has 1 aliphatic rings. The van der Waals surface area contributed by atoms with Crippen molar-refractivity contribution in [2.75, 3.05) is 6.79 Å². The lowest BCUT2D eigenvalue weighted by Gasteiger charge is -2.19. The minimum atomic E-state index is -0.340. The highest BCUT2D eigenvalue weighted by Crippen LogP contribution is 2.39. The van der Waals surface area contributed by atoms with Gasteiger partial charge in [-0.25, -0.2) is 0 Å². The molecule has 0 atom stereocenters. The summed E-state index contributed by atoms with van der Waals surface area (Å²) in [5.41, 5.74) is 6.48. The predicted octanol–water partition coefficient (Wildman–Crippen LogP) is 1.40. The van der Waals surface area contributed by atoms with Crippen LogP contribution in [0.4, 0.5) is 0 Å². The molecule has 0 aliphatic carbocycles. The van der Waals surface area contributed by atoms with Crippen molar-refractivity contribution in [3.8, 4) is 17.2 Å². The third-order valence-corrected chi connectivity index (χ3v) is 2.18. The quantitative estimate of drug-likeness (QED) is 0.772. The third-order valence-electron chi connectivity index (χ3n) is 2.18. The first kappa shape index (κ1) is 10.1. The molecule has 4 nitrogen and oxygen atoms in total. The number of phenols is 1. The maximum atomic E-state index is 9.50. The first-order valence-corrected chi connectivity index (χ1v) is 4.86. The van der Waals surface area contributed by atoms with Crippen molar-refractivity contribution in [1.29, 1.82) is 0 Å². The number of benzene rings is 1. The monoisotopic (exact) mass is 209 g/mol. The second-order valence-electron chi connectivity index (χ2n) is 4.50. The minimum absolute atomic E-state index is 0.179. The molecule has 1 aromatic carbocycles. The van der Waals surface area contributed by atoms with Crippen molar-refractivity contribution in [1.82, 2.24) is 0 Å². The van der Waals surface area contributed by atoms with E-state index in [0.717, 1.165) is 5.56 Å². The Morgan fingerprint density at radius 3 is 2.80 bits per heavy atom. The highest BCUT2D eigenvalue weighted by Gasteiger charge is 2.22. The Kier molecular flexibility index (Phi) is 2.23. The van der Waals surface area contributed by atoms with Crippen molar-refractivity contribution in [2.45, 2.75) is 25.8 Å². The second-order valence-corrected chi connectivity index (χ2v) is 4.50. The molecule has 15 heavy (non-hydrogen) atoms. The molecule has 1 aromatic rings. The van der Waals surface area contributed by atoms with Crippen LogP contribution in [-0.2, 0) is 6.42 Å². The smallest absolute Gasteiger partial charge is 0.231 e. The first-order chi connectivity index (χ1) is 6.96. The van der Waals surface area contributed by atoms with E-state index in [1.807, 2.05) is 13.8 Å². The summed E-state index contributed by atoms with van der Waals surface area (Å²) < 4.78 is 10.6. The number of rotatable bonds is 2. The molecule has 0 saturated heterocycles. The summed E-state index contributed by atoms with van der Waals surface area (Å²) in [6.07, 6.45) is 0.632. The second kappa shape index (κ2) is 3.31. The summed E-state index contributed by atoms with van der Waals surface area (Å²) in [6, 6.07) is 3.22. The van der Waals surface area contributed by atoms with Crippen LogP contribution in [0.1, 0.15) is 19.4 Å². The van der Waals surface area contributed by atoms with Gasteiger partial charge in [0.2, 0.25) is 6.79 Å². The van der Waals surface area contributed by atoms with Crippen LogP contribution in [0.15, 0.2) is 12.1 Å². The van der Waals surface area contributed by atoms with E-state index in [9.17, 15) is 5.11 Å². The lowest BCUT2D eigenvalue weighted by Crippen LogP contribution is -2.34. The molecule has 0 saturated carbocycles. The molecule has 0 spiro atoms. The number of nitrogens with two attached hydrogens (primary N) is 1.